The number of nitrogens with one attached hydrogen (secondary N) is 2. The first-order valence-corrected chi connectivity index (χ1v) is 10.9. The van der Waals surface area contributed by atoms with Crippen molar-refractivity contribution in [3.8, 4) is 11.5 Å². The number of fused-ring (bicyclic) bond motifs is 2. The van der Waals surface area contributed by atoms with Gasteiger partial charge < -0.3 is 15.2 Å². The molecule has 32 heavy (non-hydrogen) atoms. The largest absolute Gasteiger partial charge is 0.355 e. The van der Waals surface area contributed by atoms with Crippen LogP contribution in [-0.4, -0.2) is 44.0 Å². The van der Waals surface area contributed by atoms with Crippen LogP contribution in [0.2, 0.25) is 0 Å². The Morgan fingerprint density at radius 1 is 0.938 bits per heavy atom. The lowest BCUT2D eigenvalue weighted by Crippen LogP contribution is -2.43. The molecule has 0 saturated carbocycles. The average Bonchev–Trinajstić information content (AvgIpc) is 2.79. The van der Waals surface area contributed by atoms with Gasteiger partial charge in [0, 0.05) is 25.2 Å². The van der Waals surface area contributed by atoms with Crippen LogP contribution in [0.3, 0.4) is 0 Å². The highest BCUT2D eigenvalue weighted by atomic mass is 16.2. The number of rotatable bonds is 9. The molecule has 10 nitrogen and oxygen atoms in total. The number of hydrogen-bond acceptors (Lipinski definition) is 6. The number of amides is 2. The quantitative estimate of drug-likeness (QED) is 0.480. The number of hydrogen-bond donors (Lipinski definition) is 2. The Morgan fingerprint density at radius 3 is 2.34 bits per heavy atom. The van der Waals surface area contributed by atoms with Gasteiger partial charge in [-0.15, -0.1) is 0 Å². The summed E-state index contributed by atoms with van der Waals surface area (Å²) in [7, 11) is 0. The van der Waals surface area contributed by atoms with E-state index in [1.54, 1.807) is 22.8 Å². The molecule has 0 atom stereocenters. The molecule has 0 radical (unpaired) electrons. The van der Waals surface area contributed by atoms with Crippen LogP contribution in [0.4, 0.5) is 0 Å². The third-order valence-electron chi connectivity index (χ3n) is 4.96. The molecule has 0 spiro atoms. The summed E-state index contributed by atoms with van der Waals surface area (Å²) in [5.41, 5.74) is 0.0363. The van der Waals surface area contributed by atoms with E-state index in [9.17, 15) is 19.2 Å². The highest BCUT2D eigenvalue weighted by molar-refractivity contribution is 5.97. The fraction of sp³-hybridized carbons (Fsp3) is 0.455. The van der Waals surface area contributed by atoms with Crippen molar-refractivity contribution in [1.82, 2.24) is 29.7 Å². The standard InChI is InChI=1S/C22H28N6O4/c1-4-9-23-17(29)13-28-21(31)18-19(26-22(28)32)27(11-6-3)16-8-7-14(12-15(16)25-18)20(30)24-10-5-2/h7-8,12H,4-6,9-11,13H2,1-3H3,(H,23,29)(H,24,30). The molecule has 0 aromatic heterocycles. The first-order chi connectivity index (χ1) is 15.4. The fourth-order valence-electron chi connectivity index (χ4n) is 3.41. The van der Waals surface area contributed by atoms with Gasteiger partial charge in [-0.2, -0.15) is 4.98 Å². The highest BCUT2D eigenvalue weighted by Gasteiger charge is 2.22. The summed E-state index contributed by atoms with van der Waals surface area (Å²) in [5.74, 6) is -0.497. The molecule has 1 aromatic carbocycles. The van der Waals surface area contributed by atoms with Crippen LogP contribution in [-0.2, 0) is 17.9 Å². The van der Waals surface area contributed by atoms with Crippen LogP contribution in [0.25, 0.3) is 22.6 Å². The molecule has 0 aliphatic carbocycles. The number of aryl methyl sites for hydroxylation is 1. The van der Waals surface area contributed by atoms with Gasteiger partial charge in [-0.1, -0.05) is 20.8 Å². The van der Waals surface area contributed by atoms with E-state index in [-0.39, 0.29) is 17.4 Å². The molecule has 0 saturated heterocycles. The molecule has 2 N–H and O–H groups in total. The molecule has 3 rings (SSSR count). The van der Waals surface area contributed by atoms with E-state index >= 15 is 0 Å². The normalized spacial score (nSPS) is 11.1. The molecule has 0 unspecified atom stereocenters. The predicted octanol–water partition coefficient (Wildman–Crippen LogP) is 1.13. The monoisotopic (exact) mass is 440 g/mol. The van der Waals surface area contributed by atoms with Crippen LogP contribution in [0.5, 0.6) is 0 Å². The highest BCUT2D eigenvalue weighted by Crippen LogP contribution is 2.22. The third kappa shape index (κ3) is 4.68. The molecule has 0 bridgehead atoms. The lowest BCUT2D eigenvalue weighted by Gasteiger charge is -2.17. The summed E-state index contributed by atoms with van der Waals surface area (Å²) < 4.78 is 2.55. The Hall–Kier alpha value is -3.56. The van der Waals surface area contributed by atoms with E-state index in [2.05, 4.69) is 20.6 Å². The topological polar surface area (TPSA) is 128 Å². The lowest BCUT2D eigenvalue weighted by atomic mass is 10.1. The molecule has 10 heteroatoms. The summed E-state index contributed by atoms with van der Waals surface area (Å²) in [6, 6.07) is 5.05. The number of aromatic nitrogens is 4. The zero-order valence-corrected chi connectivity index (χ0v) is 18.6. The summed E-state index contributed by atoms with van der Waals surface area (Å²) in [6.07, 6.45) is 2.28. The number of carbonyl (C=O) groups is 2. The fourth-order valence-corrected chi connectivity index (χ4v) is 3.41. The summed E-state index contributed by atoms with van der Waals surface area (Å²) >= 11 is 0. The lowest BCUT2D eigenvalue weighted by molar-refractivity contribution is -0.121. The van der Waals surface area contributed by atoms with Gasteiger partial charge in [0.05, 0.1) is 11.0 Å². The van der Waals surface area contributed by atoms with Gasteiger partial charge in [-0.3, -0.25) is 14.4 Å². The van der Waals surface area contributed by atoms with Gasteiger partial charge in [-0.25, -0.2) is 14.3 Å². The van der Waals surface area contributed by atoms with Crippen molar-refractivity contribution < 1.29 is 9.59 Å². The maximum absolute atomic E-state index is 13.1. The van der Waals surface area contributed by atoms with Gasteiger partial charge in [0.25, 0.3) is 11.5 Å². The Bertz CT molecular complexity index is 1230. The van der Waals surface area contributed by atoms with E-state index < -0.39 is 23.7 Å². The molecule has 170 valence electrons. The SMILES string of the molecule is CCCNC(=O)Cn1c(=O)nc2n(CCC)c3ccc(C(=O)NCCC)cc3nc-2c1=O. The van der Waals surface area contributed by atoms with E-state index in [0.717, 1.165) is 23.8 Å². The smallest absolute Gasteiger partial charge is 0.353 e. The Morgan fingerprint density at radius 2 is 1.66 bits per heavy atom. The summed E-state index contributed by atoms with van der Waals surface area (Å²) in [6.45, 7) is 6.92. The van der Waals surface area contributed by atoms with Crippen LogP contribution >= 0.6 is 0 Å². The molecular weight excluding hydrogens is 412 g/mol. The van der Waals surface area contributed by atoms with Gasteiger partial charge in [0.1, 0.15) is 6.54 Å². The van der Waals surface area contributed by atoms with Crippen molar-refractivity contribution in [3.63, 3.8) is 0 Å². The van der Waals surface area contributed by atoms with Crippen molar-refractivity contribution >= 4 is 22.8 Å². The van der Waals surface area contributed by atoms with E-state index in [4.69, 9.17) is 0 Å². The van der Waals surface area contributed by atoms with E-state index in [1.807, 2.05) is 20.8 Å². The predicted molar refractivity (Wildman–Crippen MR) is 121 cm³/mol. The molecule has 1 aromatic rings. The molecule has 2 amide bonds. The van der Waals surface area contributed by atoms with E-state index in [1.165, 1.54) is 0 Å². The van der Waals surface area contributed by atoms with Gasteiger partial charge in [0.15, 0.2) is 11.5 Å². The third-order valence-corrected chi connectivity index (χ3v) is 4.96. The van der Waals surface area contributed by atoms with Gasteiger partial charge in [0.2, 0.25) is 5.91 Å². The summed E-state index contributed by atoms with van der Waals surface area (Å²) in [5, 5.41) is 5.46. The minimum atomic E-state index is -0.796. The Kier molecular flexibility index (Phi) is 7.34. The van der Waals surface area contributed by atoms with Crippen molar-refractivity contribution in [2.45, 2.75) is 53.1 Å². The second-order valence-corrected chi connectivity index (χ2v) is 7.53. The van der Waals surface area contributed by atoms with Gasteiger partial charge >= 0.3 is 5.69 Å². The first kappa shape index (κ1) is 23.1. The van der Waals surface area contributed by atoms with Crippen LogP contribution < -0.4 is 21.9 Å². The minimum absolute atomic E-state index is 0.0139. The molecule has 0 fully saturated rings. The number of nitrogens with zero attached hydrogens (tertiary/aromatic N) is 4. The van der Waals surface area contributed by atoms with Crippen molar-refractivity contribution in [2.24, 2.45) is 0 Å². The maximum atomic E-state index is 13.1. The second kappa shape index (κ2) is 10.2. The Labute approximate surface area is 185 Å². The van der Waals surface area contributed by atoms with Crippen molar-refractivity contribution in [2.75, 3.05) is 13.1 Å². The average molecular weight is 441 g/mol. The summed E-state index contributed by atoms with van der Waals surface area (Å²) in [4.78, 5) is 58.7. The van der Waals surface area contributed by atoms with Crippen LogP contribution in [0.1, 0.15) is 50.4 Å². The Balaban J connectivity index is 2.18. The number of carbonyl (C=O) groups excluding carboxylic acids is 2. The molecule has 2 heterocycles. The minimum Gasteiger partial charge on any atom is -0.355 e. The number of benzene rings is 1. The van der Waals surface area contributed by atoms with Crippen molar-refractivity contribution in [3.05, 3.63) is 44.6 Å². The van der Waals surface area contributed by atoms with Crippen LogP contribution in [0.15, 0.2) is 27.8 Å². The van der Waals surface area contributed by atoms with Gasteiger partial charge in [-0.05, 0) is 37.5 Å². The second-order valence-electron chi connectivity index (χ2n) is 7.53. The zero-order chi connectivity index (χ0) is 23.3. The van der Waals surface area contributed by atoms with E-state index in [0.29, 0.717) is 36.2 Å². The molecular formula is C22H28N6O4. The zero-order valence-electron chi connectivity index (χ0n) is 18.6. The van der Waals surface area contributed by atoms with Crippen LogP contribution in [0, 0.1) is 0 Å². The van der Waals surface area contributed by atoms with Crippen molar-refractivity contribution in [1.29, 1.82) is 0 Å². The molecule has 2 aliphatic rings. The molecule has 2 aliphatic heterocycles. The maximum Gasteiger partial charge on any atom is 0.353 e. The first-order valence-electron chi connectivity index (χ1n) is 10.9.